The highest BCUT2D eigenvalue weighted by molar-refractivity contribution is 9.10. The first-order valence-corrected chi connectivity index (χ1v) is 8.07. The van der Waals surface area contributed by atoms with Crippen molar-refractivity contribution in [2.75, 3.05) is 43.4 Å². The van der Waals surface area contributed by atoms with E-state index in [1.165, 1.54) is 6.33 Å². The number of nitrogens with zero attached hydrogens (tertiary/aromatic N) is 4. The summed E-state index contributed by atoms with van der Waals surface area (Å²) in [4.78, 5) is 24.3. The Morgan fingerprint density at radius 1 is 1.29 bits per heavy atom. The molecule has 0 aliphatic rings. The third kappa shape index (κ3) is 4.84. The Morgan fingerprint density at radius 2 is 1.95 bits per heavy atom. The monoisotopic (exact) mass is 357 g/mol. The van der Waals surface area contributed by atoms with Crippen LogP contribution in [0.25, 0.3) is 0 Å². The van der Waals surface area contributed by atoms with Crippen LogP contribution in [-0.4, -0.2) is 54.0 Å². The van der Waals surface area contributed by atoms with Crippen molar-refractivity contribution in [3.8, 4) is 0 Å². The van der Waals surface area contributed by atoms with Crippen LogP contribution in [0.5, 0.6) is 0 Å². The SMILES string of the molecule is CCCNc1ncnc(N(C)CC(=O)N(CC)CC)c1Br. The maximum Gasteiger partial charge on any atom is 0.242 e. The number of anilines is 2. The van der Waals surface area contributed by atoms with E-state index in [9.17, 15) is 4.79 Å². The topological polar surface area (TPSA) is 61.4 Å². The Kier molecular flexibility index (Phi) is 7.42. The Hall–Kier alpha value is -1.37. The Morgan fingerprint density at radius 3 is 2.52 bits per heavy atom. The van der Waals surface area contributed by atoms with Crippen LogP contribution in [0.15, 0.2) is 10.8 Å². The molecule has 1 amide bonds. The summed E-state index contributed by atoms with van der Waals surface area (Å²) in [6.45, 7) is 8.64. The average molecular weight is 358 g/mol. The molecule has 0 spiro atoms. The van der Waals surface area contributed by atoms with E-state index in [4.69, 9.17) is 0 Å². The first-order chi connectivity index (χ1) is 10.0. The molecule has 1 aromatic rings. The first-order valence-electron chi connectivity index (χ1n) is 7.28. The lowest BCUT2D eigenvalue weighted by Gasteiger charge is -2.24. The highest BCUT2D eigenvalue weighted by Crippen LogP contribution is 2.28. The zero-order valence-corrected chi connectivity index (χ0v) is 14.8. The minimum atomic E-state index is 0.0936. The van der Waals surface area contributed by atoms with Crippen molar-refractivity contribution < 1.29 is 4.79 Å². The van der Waals surface area contributed by atoms with Crippen molar-refractivity contribution in [3.63, 3.8) is 0 Å². The molecule has 7 heteroatoms. The maximum atomic E-state index is 12.2. The third-order valence-corrected chi connectivity index (χ3v) is 3.89. The quantitative estimate of drug-likeness (QED) is 0.773. The molecule has 6 nitrogen and oxygen atoms in total. The Balaban J connectivity index is 2.82. The second kappa shape index (κ2) is 8.81. The van der Waals surface area contributed by atoms with Crippen molar-refractivity contribution in [2.24, 2.45) is 0 Å². The zero-order chi connectivity index (χ0) is 15.8. The number of likely N-dealkylation sites (N-methyl/N-ethyl adjacent to an activating group) is 2. The molecule has 0 aromatic carbocycles. The van der Waals surface area contributed by atoms with Gasteiger partial charge in [0.15, 0.2) is 0 Å². The summed E-state index contributed by atoms with van der Waals surface area (Å²) < 4.78 is 0.785. The molecule has 0 bridgehead atoms. The Bertz CT molecular complexity index is 465. The van der Waals surface area contributed by atoms with E-state index in [1.807, 2.05) is 30.7 Å². The molecule has 118 valence electrons. The van der Waals surface area contributed by atoms with Gasteiger partial charge in [-0.2, -0.15) is 0 Å². The number of carbonyl (C=O) groups excluding carboxylic acids is 1. The molecule has 1 N–H and O–H groups in total. The molecule has 1 aromatic heterocycles. The molecule has 0 radical (unpaired) electrons. The molecule has 0 aliphatic heterocycles. The van der Waals surface area contributed by atoms with Gasteiger partial charge < -0.3 is 15.1 Å². The van der Waals surface area contributed by atoms with Crippen molar-refractivity contribution in [3.05, 3.63) is 10.8 Å². The van der Waals surface area contributed by atoms with Crippen LogP contribution in [0.1, 0.15) is 27.2 Å². The molecule has 0 fully saturated rings. The van der Waals surface area contributed by atoms with E-state index < -0.39 is 0 Å². The molecular formula is C14H24BrN5O. The van der Waals surface area contributed by atoms with Crippen LogP contribution < -0.4 is 10.2 Å². The molecule has 0 aliphatic carbocycles. The van der Waals surface area contributed by atoms with E-state index in [0.717, 1.165) is 36.3 Å². The molecule has 0 unspecified atom stereocenters. The summed E-state index contributed by atoms with van der Waals surface area (Å²) in [7, 11) is 1.86. The van der Waals surface area contributed by atoms with Gasteiger partial charge in [-0.25, -0.2) is 9.97 Å². The molecule has 21 heavy (non-hydrogen) atoms. The van der Waals surface area contributed by atoms with Crippen molar-refractivity contribution in [1.29, 1.82) is 0 Å². The summed E-state index contributed by atoms with van der Waals surface area (Å²) in [5, 5.41) is 3.24. The summed E-state index contributed by atoms with van der Waals surface area (Å²) >= 11 is 3.52. The smallest absolute Gasteiger partial charge is 0.242 e. The molecule has 0 saturated carbocycles. The number of nitrogens with one attached hydrogen (secondary N) is 1. The second-order valence-corrected chi connectivity index (χ2v) is 5.50. The van der Waals surface area contributed by atoms with Crippen LogP contribution in [0.2, 0.25) is 0 Å². The van der Waals surface area contributed by atoms with Gasteiger partial charge in [-0.1, -0.05) is 6.92 Å². The van der Waals surface area contributed by atoms with Crippen molar-refractivity contribution in [1.82, 2.24) is 14.9 Å². The minimum Gasteiger partial charge on any atom is -0.369 e. The van der Waals surface area contributed by atoms with E-state index >= 15 is 0 Å². The number of rotatable bonds is 8. The fourth-order valence-corrected chi connectivity index (χ4v) is 2.60. The van der Waals surface area contributed by atoms with Crippen LogP contribution in [-0.2, 0) is 4.79 Å². The lowest BCUT2D eigenvalue weighted by Crippen LogP contribution is -2.39. The zero-order valence-electron chi connectivity index (χ0n) is 13.2. The normalized spacial score (nSPS) is 10.3. The van der Waals surface area contributed by atoms with E-state index in [1.54, 1.807) is 0 Å². The molecule has 0 saturated heterocycles. The van der Waals surface area contributed by atoms with Gasteiger partial charge in [0.25, 0.3) is 0 Å². The maximum absolute atomic E-state index is 12.2. The number of hydrogen-bond acceptors (Lipinski definition) is 5. The van der Waals surface area contributed by atoms with Gasteiger partial charge in [-0.15, -0.1) is 0 Å². The summed E-state index contributed by atoms with van der Waals surface area (Å²) in [6, 6.07) is 0. The molecule has 0 atom stereocenters. The predicted molar refractivity (Wildman–Crippen MR) is 89.7 cm³/mol. The average Bonchev–Trinajstić information content (AvgIpc) is 2.47. The number of amides is 1. The third-order valence-electron chi connectivity index (χ3n) is 3.16. The van der Waals surface area contributed by atoms with Crippen molar-refractivity contribution >= 4 is 33.5 Å². The lowest BCUT2D eigenvalue weighted by atomic mass is 10.4. The molecule has 1 heterocycles. The highest BCUT2D eigenvalue weighted by atomic mass is 79.9. The Labute approximate surface area is 135 Å². The predicted octanol–water partition coefficient (Wildman–Crippen LogP) is 2.37. The van der Waals surface area contributed by atoms with E-state index in [0.29, 0.717) is 12.4 Å². The fraction of sp³-hybridized carbons (Fsp3) is 0.643. The van der Waals surface area contributed by atoms with Gasteiger partial charge >= 0.3 is 0 Å². The summed E-state index contributed by atoms with van der Waals surface area (Å²) in [6.07, 6.45) is 2.53. The summed E-state index contributed by atoms with van der Waals surface area (Å²) in [5.41, 5.74) is 0. The van der Waals surface area contributed by atoms with Gasteiger partial charge in [-0.3, -0.25) is 4.79 Å². The van der Waals surface area contributed by atoms with E-state index in [-0.39, 0.29) is 5.91 Å². The van der Waals surface area contributed by atoms with Gasteiger partial charge in [0, 0.05) is 26.7 Å². The van der Waals surface area contributed by atoms with Gasteiger partial charge in [0.2, 0.25) is 5.91 Å². The summed E-state index contributed by atoms with van der Waals surface area (Å²) in [5.74, 6) is 1.56. The van der Waals surface area contributed by atoms with Gasteiger partial charge in [0.1, 0.15) is 22.4 Å². The number of carbonyl (C=O) groups is 1. The second-order valence-electron chi connectivity index (χ2n) is 4.71. The number of aromatic nitrogens is 2. The fourth-order valence-electron chi connectivity index (χ4n) is 1.95. The van der Waals surface area contributed by atoms with Crippen molar-refractivity contribution in [2.45, 2.75) is 27.2 Å². The minimum absolute atomic E-state index is 0.0936. The van der Waals surface area contributed by atoms with Gasteiger partial charge in [0.05, 0.1) is 6.54 Å². The van der Waals surface area contributed by atoms with Crippen LogP contribution in [0.3, 0.4) is 0 Å². The lowest BCUT2D eigenvalue weighted by molar-refractivity contribution is -0.129. The highest BCUT2D eigenvalue weighted by Gasteiger charge is 2.17. The van der Waals surface area contributed by atoms with Crippen LogP contribution >= 0.6 is 15.9 Å². The first kappa shape index (κ1) is 17.7. The standard InChI is InChI=1S/C14H24BrN5O/c1-5-8-16-13-12(15)14(18-10-17-13)19(4)9-11(21)20(6-2)7-3/h10H,5-9H2,1-4H3,(H,16,17,18). The van der Waals surface area contributed by atoms with E-state index in [2.05, 4.69) is 38.1 Å². The number of hydrogen-bond donors (Lipinski definition) is 1. The molecular weight excluding hydrogens is 334 g/mol. The number of halogens is 1. The van der Waals surface area contributed by atoms with Crippen LogP contribution in [0, 0.1) is 0 Å². The van der Waals surface area contributed by atoms with Crippen LogP contribution in [0.4, 0.5) is 11.6 Å². The van der Waals surface area contributed by atoms with Gasteiger partial charge in [-0.05, 0) is 36.2 Å². The molecule has 1 rings (SSSR count). The largest absolute Gasteiger partial charge is 0.369 e.